The summed E-state index contributed by atoms with van der Waals surface area (Å²) in [6.07, 6.45) is 6.40. The van der Waals surface area contributed by atoms with Gasteiger partial charge < -0.3 is 10.1 Å². The third kappa shape index (κ3) is 8.08. The fraction of sp³-hybridized carbons (Fsp3) is 0.667. The first kappa shape index (κ1) is 16.9. The van der Waals surface area contributed by atoms with Crippen molar-refractivity contribution in [2.75, 3.05) is 18.5 Å². The first-order chi connectivity index (χ1) is 9.51. The van der Waals surface area contributed by atoms with E-state index in [9.17, 15) is 0 Å². The molecule has 1 aromatic rings. The van der Waals surface area contributed by atoms with Crippen molar-refractivity contribution >= 4 is 5.69 Å². The van der Waals surface area contributed by atoms with Crippen LogP contribution in [0, 0.1) is 5.41 Å². The van der Waals surface area contributed by atoms with Crippen LogP contribution in [0.25, 0.3) is 0 Å². The van der Waals surface area contributed by atoms with Crippen LogP contribution in [0.15, 0.2) is 24.3 Å². The number of unbranched alkanes of at least 4 members (excludes halogenated alkanes) is 4. The van der Waals surface area contributed by atoms with Crippen LogP contribution >= 0.6 is 0 Å². The van der Waals surface area contributed by atoms with Crippen LogP contribution < -0.4 is 10.1 Å². The molecular formula is C18H31NO. The van der Waals surface area contributed by atoms with Crippen LogP contribution in [0.5, 0.6) is 5.75 Å². The van der Waals surface area contributed by atoms with Gasteiger partial charge in [0.15, 0.2) is 0 Å². The lowest BCUT2D eigenvalue weighted by Gasteiger charge is -2.19. The summed E-state index contributed by atoms with van der Waals surface area (Å²) in [5, 5.41) is 3.45. The quantitative estimate of drug-likeness (QED) is 0.602. The van der Waals surface area contributed by atoms with Gasteiger partial charge in [-0.1, -0.05) is 53.4 Å². The molecule has 20 heavy (non-hydrogen) atoms. The topological polar surface area (TPSA) is 21.3 Å². The molecule has 0 aromatic heterocycles. The first-order valence-corrected chi connectivity index (χ1v) is 7.98. The molecule has 0 spiro atoms. The van der Waals surface area contributed by atoms with Gasteiger partial charge in [-0.25, -0.2) is 0 Å². The number of ether oxygens (including phenoxy) is 1. The van der Waals surface area contributed by atoms with Crippen molar-refractivity contribution in [3.63, 3.8) is 0 Å². The Bertz CT molecular complexity index is 351. The zero-order valence-corrected chi connectivity index (χ0v) is 13.7. The van der Waals surface area contributed by atoms with Gasteiger partial charge >= 0.3 is 0 Å². The molecule has 0 aliphatic heterocycles. The van der Waals surface area contributed by atoms with E-state index >= 15 is 0 Å². The van der Waals surface area contributed by atoms with Gasteiger partial charge in [-0.2, -0.15) is 0 Å². The lowest BCUT2D eigenvalue weighted by Crippen LogP contribution is -2.18. The van der Waals surface area contributed by atoms with E-state index in [1.165, 1.54) is 25.7 Å². The van der Waals surface area contributed by atoms with Gasteiger partial charge in [0.05, 0.1) is 6.61 Å². The van der Waals surface area contributed by atoms with Crippen molar-refractivity contribution in [2.24, 2.45) is 5.41 Å². The molecule has 0 saturated carbocycles. The molecule has 0 amide bonds. The highest BCUT2D eigenvalue weighted by molar-refractivity contribution is 5.46. The highest BCUT2D eigenvalue weighted by atomic mass is 16.5. The van der Waals surface area contributed by atoms with E-state index in [1.807, 2.05) is 0 Å². The minimum atomic E-state index is 0.299. The zero-order valence-electron chi connectivity index (χ0n) is 13.7. The van der Waals surface area contributed by atoms with Crippen molar-refractivity contribution in [3.05, 3.63) is 24.3 Å². The van der Waals surface area contributed by atoms with E-state index in [2.05, 4.69) is 57.3 Å². The SMILES string of the molecule is CCCCCCCOc1ccc(NCC(C)(C)C)cc1. The van der Waals surface area contributed by atoms with Crippen LogP contribution in [0.2, 0.25) is 0 Å². The van der Waals surface area contributed by atoms with Gasteiger partial charge in [0, 0.05) is 12.2 Å². The molecule has 0 unspecified atom stereocenters. The molecule has 1 N–H and O–H groups in total. The molecular weight excluding hydrogens is 246 g/mol. The maximum Gasteiger partial charge on any atom is 0.119 e. The van der Waals surface area contributed by atoms with E-state index < -0.39 is 0 Å². The van der Waals surface area contributed by atoms with Crippen LogP contribution in [0.3, 0.4) is 0 Å². The minimum absolute atomic E-state index is 0.299. The predicted octanol–water partition coefficient (Wildman–Crippen LogP) is 5.49. The van der Waals surface area contributed by atoms with Crippen molar-refractivity contribution in [1.82, 2.24) is 0 Å². The van der Waals surface area contributed by atoms with Crippen LogP contribution in [-0.4, -0.2) is 13.2 Å². The molecule has 0 saturated heterocycles. The minimum Gasteiger partial charge on any atom is -0.494 e. The molecule has 0 aliphatic carbocycles. The highest BCUT2D eigenvalue weighted by Gasteiger charge is 2.09. The fourth-order valence-electron chi connectivity index (χ4n) is 1.93. The Morgan fingerprint density at radius 1 is 0.950 bits per heavy atom. The Hall–Kier alpha value is -1.18. The highest BCUT2D eigenvalue weighted by Crippen LogP contribution is 2.19. The summed E-state index contributed by atoms with van der Waals surface area (Å²) in [6.45, 7) is 10.7. The number of anilines is 1. The lowest BCUT2D eigenvalue weighted by molar-refractivity contribution is 0.304. The van der Waals surface area contributed by atoms with E-state index in [-0.39, 0.29) is 0 Å². The maximum atomic E-state index is 5.76. The van der Waals surface area contributed by atoms with Gasteiger partial charge in [0.2, 0.25) is 0 Å². The number of benzene rings is 1. The molecule has 0 radical (unpaired) electrons. The predicted molar refractivity (Wildman–Crippen MR) is 88.6 cm³/mol. The Labute approximate surface area is 124 Å². The Morgan fingerprint density at radius 2 is 1.60 bits per heavy atom. The summed E-state index contributed by atoms with van der Waals surface area (Å²) < 4.78 is 5.76. The molecule has 2 nitrogen and oxygen atoms in total. The summed E-state index contributed by atoms with van der Waals surface area (Å²) in [7, 11) is 0. The molecule has 0 fully saturated rings. The summed E-state index contributed by atoms with van der Waals surface area (Å²) in [6, 6.07) is 8.30. The average molecular weight is 277 g/mol. The third-order valence-electron chi connectivity index (χ3n) is 3.19. The zero-order chi connectivity index (χ0) is 14.8. The monoisotopic (exact) mass is 277 g/mol. The van der Waals surface area contributed by atoms with Crippen LogP contribution in [0.1, 0.15) is 59.8 Å². The molecule has 0 atom stereocenters. The smallest absolute Gasteiger partial charge is 0.119 e. The lowest BCUT2D eigenvalue weighted by atomic mass is 9.97. The molecule has 2 heteroatoms. The standard InChI is InChI=1S/C18H31NO/c1-5-6-7-8-9-14-20-17-12-10-16(11-13-17)19-15-18(2,3)4/h10-13,19H,5-9,14-15H2,1-4H3. The van der Waals surface area contributed by atoms with Gasteiger partial charge in [0.25, 0.3) is 0 Å². The van der Waals surface area contributed by atoms with Crippen LogP contribution in [0.4, 0.5) is 5.69 Å². The molecule has 1 rings (SSSR count). The second kappa shape index (κ2) is 8.89. The summed E-state index contributed by atoms with van der Waals surface area (Å²) in [5.74, 6) is 0.974. The van der Waals surface area contributed by atoms with E-state index in [0.717, 1.165) is 31.0 Å². The largest absolute Gasteiger partial charge is 0.494 e. The number of nitrogens with one attached hydrogen (secondary N) is 1. The van der Waals surface area contributed by atoms with Gasteiger partial charge in [-0.05, 0) is 36.1 Å². The first-order valence-electron chi connectivity index (χ1n) is 7.98. The third-order valence-corrected chi connectivity index (χ3v) is 3.19. The van der Waals surface area contributed by atoms with Gasteiger partial charge in [-0.3, -0.25) is 0 Å². The molecule has 1 aromatic carbocycles. The van der Waals surface area contributed by atoms with Crippen LogP contribution in [-0.2, 0) is 0 Å². The van der Waals surface area contributed by atoms with Crippen molar-refractivity contribution < 1.29 is 4.74 Å². The van der Waals surface area contributed by atoms with E-state index in [0.29, 0.717) is 5.41 Å². The van der Waals surface area contributed by atoms with Crippen molar-refractivity contribution in [1.29, 1.82) is 0 Å². The molecule has 0 aliphatic rings. The number of rotatable bonds is 9. The molecule has 0 bridgehead atoms. The van der Waals surface area contributed by atoms with E-state index in [4.69, 9.17) is 4.74 Å². The summed E-state index contributed by atoms with van der Waals surface area (Å²) >= 11 is 0. The molecule has 0 heterocycles. The summed E-state index contributed by atoms with van der Waals surface area (Å²) in [5.41, 5.74) is 1.46. The Balaban J connectivity index is 2.21. The second-order valence-electron chi connectivity index (χ2n) is 6.70. The molecule has 114 valence electrons. The normalized spacial score (nSPS) is 11.4. The average Bonchev–Trinajstić information content (AvgIpc) is 2.41. The van der Waals surface area contributed by atoms with Gasteiger partial charge in [0.1, 0.15) is 5.75 Å². The Morgan fingerprint density at radius 3 is 2.20 bits per heavy atom. The second-order valence-corrected chi connectivity index (χ2v) is 6.70. The van der Waals surface area contributed by atoms with Crippen molar-refractivity contribution in [3.8, 4) is 5.75 Å². The summed E-state index contributed by atoms with van der Waals surface area (Å²) in [4.78, 5) is 0. The Kier molecular flexibility index (Phi) is 7.50. The fourth-order valence-corrected chi connectivity index (χ4v) is 1.93. The maximum absolute atomic E-state index is 5.76. The van der Waals surface area contributed by atoms with E-state index in [1.54, 1.807) is 0 Å². The number of hydrogen-bond acceptors (Lipinski definition) is 2. The van der Waals surface area contributed by atoms with Crippen molar-refractivity contribution in [2.45, 2.75) is 59.8 Å². The number of hydrogen-bond donors (Lipinski definition) is 1. The van der Waals surface area contributed by atoms with Gasteiger partial charge in [-0.15, -0.1) is 0 Å².